The lowest BCUT2D eigenvalue weighted by Crippen LogP contribution is -2.37. The number of ether oxygens (including phenoxy) is 1. The van der Waals surface area contributed by atoms with E-state index in [2.05, 4.69) is 34.5 Å². The summed E-state index contributed by atoms with van der Waals surface area (Å²) in [4.78, 5) is 14.7. The zero-order chi connectivity index (χ0) is 17.9. The van der Waals surface area contributed by atoms with Gasteiger partial charge >= 0.3 is 0 Å². The highest BCUT2D eigenvalue weighted by Crippen LogP contribution is 2.33. The van der Waals surface area contributed by atoms with E-state index in [1.54, 1.807) is 6.08 Å². The highest BCUT2D eigenvalue weighted by atomic mass is 16.5. The van der Waals surface area contributed by atoms with Gasteiger partial charge in [0.05, 0.1) is 24.8 Å². The van der Waals surface area contributed by atoms with Gasteiger partial charge in [-0.15, -0.1) is 0 Å². The molecule has 0 saturated carbocycles. The summed E-state index contributed by atoms with van der Waals surface area (Å²) in [7, 11) is 0. The molecule has 26 heavy (non-hydrogen) atoms. The van der Waals surface area contributed by atoms with Crippen LogP contribution in [0.5, 0.6) is 0 Å². The Morgan fingerprint density at radius 1 is 1.23 bits per heavy atom. The molecular weight excluding hydrogens is 324 g/mol. The Labute approximate surface area is 154 Å². The largest absolute Gasteiger partial charge is 0.374 e. The maximum absolute atomic E-state index is 12.2. The number of benzene rings is 2. The Balaban J connectivity index is 1.40. The summed E-state index contributed by atoms with van der Waals surface area (Å²) in [5.74, 6) is -0.0830. The van der Waals surface area contributed by atoms with E-state index in [0.717, 1.165) is 30.7 Å². The Bertz CT molecular complexity index is 803. The predicted octanol–water partition coefficient (Wildman–Crippen LogP) is 3.55. The minimum Gasteiger partial charge on any atom is -0.374 e. The monoisotopic (exact) mass is 348 g/mol. The summed E-state index contributed by atoms with van der Waals surface area (Å²) >= 11 is 0. The van der Waals surface area contributed by atoms with Crippen LogP contribution in [0.15, 0.2) is 60.7 Å². The molecule has 1 N–H and O–H groups in total. The standard InChI is InChI=1S/C22H24N2O2/c1-16(23-22(25)11-10-17-6-3-2-4-7-17)18-8-5-9-19(12-18)24-14-21-13-20(24)15-26-21/h2-12,16,20-21H,13-15H2,1H3,(H,23,25)/b11-10-. The maximum Gasteiger partial charge on any atom is 0.244 e. The summed E-state index contributed by atoms with van der Waals surface area (Å²) in [6.45, 7) is 3.81. The van der Waals surface area contributed by atoms with Crippen molar-refractivity contribution in [3.05, 3.63) is 71.8 Å². The SMILES string of the molecule is CC(NC(=O)/C=C\c1ccccc1)c1cccc(N2CC3CC2CO3)c1. The molecule has 2 aliphatic heterocycles. The van der Waals surface area contributed by atoms with Crippen molar-refractivity contribution in [3.63, 3.8) is 0 Å². The molecule has 0 aromatic heterocycles. The topological polar surface area (TPSA) is 41.6 Å². The fourth-order valence-electron chi connectivity index (χ4n) is 3.77. The second-order valence-electron chi connectivity index (χ2n) is 7.07. The van der Waals surface area contributed by atoms with Gasteiger partial charge in [0.25, 0.3) is 0 Å². The van der Waals surface area contributed by atoms with Gasteiger partial charge in [0, 0.05) is 18.3 Å². The van der Waals surface area contributed by atoms with Crippen LogP contribution in [0.25, 0.3) is 6.08 Å². The van der Waals surface area contributed by atoms with Crippen LogP contribution in [0, 0.1) is 0 Å². The fraction of sp³-hybridized carbons (Fsp3) is 0.318. The van der Waals surface area contributed by atoms with E-state index >= 15 is 0 Å². The molecule has 2 aromatic carbocycles. The Kier molecular flexibility index (Phi) is 4.76. The molecule has 4 rings (SSSR count). The van der Waals surface area contributed by atoms with Crippen LogP contribution in [0.1, 0.15) is 30.5 Å². The number of carbonyl (C=O) groups is 1. The predicted molar refractivity (Wildman–Crippen MR) is 104 cm³/mol. The number of carbonyl (C=O) groups excluding carboxylic acids is 1. The molecule has 0 aliphatic carbocycles. The van der Waals surface area contributed by atoms with Gasteiger partial charge < -0.3 is 15.0 Å². The van der Waals surface area contributed by atoms with Gasteiger partial charge in [0.15, 0.2) is 0 Å². The summed E-state index contributed by atoms with van der Waals surface area (Å²) in [5, 5.41) is 3.05. The van der Waals surface area contributed by atoms with Gasteiger partial charge in [-0.2, -0.15) is 0 Å². The lowest BCUT2D eigenvalue weighted by atomic mass is 10.1. The first kappa shape index (κ1) is 16.9. The first-order chi connectivity index (χ1) is 12.7. The van der Waals surface area contributed by atoms with Crippen molar-refractivity contribution < 1.29 is 9.53 Å². The van der Waals surface area contributed by atoms with Crippen LogP contribution in [-0.2, 0) is 9.53 Å². The zero-order valence-corrected chi connectivity index (χ0v) is 15.0. The Morgan fingerprint density at radius 2 is 2.08 bits per heavy atom. The first-order valence-corrected chi connectivity index (χ1v) is 9.21. The van der Waals surface area contributed by atoms with E-state index in [1.807, 2.05) is 43.3 Å². The van der Waals surface area contributed by atoms with Crippen LogP contribution in [0.3, 0.4) is 0 Å². The number of amides is 1. The highest BCUT2D eigenvalue weighted by Gasteiger charge is 2.39. The van der Waals surface area contributed by atoms with E-state index in [4.69, 9.17) is 4.74 Å². The van der Waals surface area contributed by atoms with Crippen LogP contribution in [0.2, 0.25) is 0 Å². The number of rotatable bonds is 5. The first-order valence-electron chi connectivity index (χ1n) is 9.21. The molecular formula is C22H24N2O2. The summed E-state index contributed by atoms with van der Waals surface area (Å²) < 4.78 is 5.69. The third-order valence-electron chi connectivity index (χ3n) is 5.19. The lowest BCUT2D eigenvalue weighted by molar-refractivity contribution is -0.117. The normalized spacial score (nSPS) is 22.7. The van der Waals surface area contributed by atoms with Crippen LogP contribution in [0.4, 0.5) is 5.69 Å². The summed E-state index contributed by atoms with van der Waals surface area (Å²) in [6, 6.07) is 18.8. The third kappa shape index (κ3) is 3.65. The molecule has 1 amide bonds. The van der Waals surface area contributed by atoms with Crippen LogP contribution >= 0.6 is 0 Å². The third-order valence-corrected chi connectivity index (χ3v) is 5.19. The fourth-order valence-corrected chi connectivity index (χ4v) is 3.77. The van der Waals surface area contributed by atoms with E-state index in [-0.39, 0.29) is 11.9 Å². The minimum absolute atomic E-state index is 0.0427. The molecule has 134 valence electrons. The molecule has 4 nitrogen and oxygen atoms in total. The highest BCUT2D eigenvalue weighted by molar-refractivity contribution is 5.92. The Morgan fingerprint density at radius 3 is 2.81 bits per heavy atom. The molecule has 3 unspecified atom stereocenters. The van der Waals surface area contributed by atoms with Gasteiger partial charge in [-0.3, -0.25) is 4.79 Å². The van der Waals surface area contributed by atoms with Crippen molar-refractivity contribution in [3.8, 4) is 0 Å². The number of hydrogen-bond donors (Lipinski definition) is 1. The molecule has 3 atom stereocenters. The number of nitrogens with one attached hydrogen (secondary N) is 1. The molecule has 2 saturated heterocycles. The van der Waals surface area contributed by atoms with Crippen molar-refractivity contribution in [2.75, 3.05) is 18.1 Å². The molecule has 0 radical (unpaired) electrons. The minimum atomic E-state index is -0.0830. The van der Waals surface area contributed by atoms with Crippen LogP contribution < -0.4 is 10.2 Å². The number of morpholine rings is 1. The molecule has 0 spiro atoms. The smallest absolute Gasteiger partial charge is 0.244 e. The van der Waals surface area contributed by atoms with Crippen molar-refractivity contribution in [1.29, 1.82) is 0 Å². The summed E-state index contributed by atoms with van der Waals surface area (Å²) in [6.07, 6.45) is 4.93. The van der Waals surface area contributed by atoms with Gasteiger partial charge in [-0.1, -0.05) is 42.5 Å². The molecule has 2 aliphatic rings. The molecule has 2 fully saturated rings. The van der Waals surface area contributed by atoms with Crippen LogP contribution in [-0.4, -0.2) is 31.2 Å². The van der Waals surface area contributed by atoms with E-state index < -0.39 is 0 Å². The van der Waals surface area contributed by atoms with E-state index in [0.29, 0.717) is 12.1 Å². The van der Waals surface area contributed by atoms with Crippen molar-refractivity contribution in [2.45, 2.75) is 31.5 Å². The number of fused-ring (bicyclic) bond motifs is 2. The number of nitrogens with zero attached hydrogens (tertiary/aromatic N) is 1. The van der Waals surface area contributed by atoms with E-state index in [1.165, 1.54) is 5.69 Å². The average molecular weight is 348 g/mol. The number of anilines is 1. The molecule has 4 heteroatoms. The lowest BCUT2D eigenvalue weighted by Gasteiger charge is -2.29. The van der Waals surface area contributed by atoms with Crippen molar-refractivity contribution in [2.24, 2.45) is 0 Å². The maximum atomic E-state index is 12.2. The van der Waals surface area contributed by atoms with Gasteiger partial charge in [-0.25, -0.2) is 0 Å². The van der Waals surface area contributed by atoms with E-state index in [9.17, 15) is 4.79 Å². The molecule has 2 heterocycles. The van der Waals surface area contributed by atoms with Gasteiger partial charge in [0.1, 0.15) is 0 Å². The zero-order valence-electron chi connectivity index (χ0n) is 15.0. The quantitative estimate of drug-likeness (QED) is 0.840. The number of hydrogen-bond acceptors (Lipinski definition) is 3. The van der Waals surface area contributed by atoms with Crippen molar-refractivity contribution >= 4 is 17.7 Å². The van der Waals surface area contributed by atoms with Crippen molar-refractivity contribution in [1.82, 2.24) is 5.32 Å². The molecule has 2 bridgehead atoms. The Hall–Kier alpha value is -2.59. The molecule has 2 aromatic rings. The van der Waals surface area contributed by atoms with Gasteiger partial charge in [0.2, 0.25) is 5.91 Å². The summed E-state index contributed by atoms with van der Waals surface area (Å²) in [5.41, 5.74) is 3.36. The second-order valence-corrected chi connectivity index (χ2v) is 7.07. The second kappa shape index (κ2) is 7.34. The van der Waals surface area contributed by atoms with Gasteiger partial charge in [-0.05, 0) is 42.7 Å². The average Bonchev–Trinajstić information content (AvgIpc) is 3.31.